The second-order valence-electron chi connectivity index (χ2n) is 19.3. The first kappa shape index (κ1) is 52.2. The van der Waals surface area contributed by atoms with Gasteiger partial charge in [0.1, 0.15) is 45.4 Å². The van der Waals surface area contributed by atoms with Crippen molar-refractivity contribution in [3.63, 3.8) is 0 Å². The molecule has 2 aromatic heterocycles. The number of hydrogen-bond acceptors (Lipinski definition) is 16. The number of halogens is 2. The van der Waals surface area contributed by atoms with Crippen LogP contribution < -0.4 is 30.8 Å². The minimum atomic E-state index is -4.27. The van der Waals surface area contributed by atoms with E-state index in [0.29, 0.717) is 20.8 Å². The van der Waals surface area contributed by atoms with Gasteiger partial charge >= 0.3 is 33.5 Å². The van der Waals surface area contributed by atoms with Crippen LogP contribution >= 0.6 is 11.8 Å². The van der Waals surface area contributed by atoms with Crippen LogP contribution in [0.1, 0.15) is 105 Å². The normalized spacial score (nSPS) is 21.8. The molecule has 0 spiro atoms. The van der Waals surface area contributed by atoms with E-state index in [1.807, 2.05) is 43.3 Å². The molecular formula is C48H58FIN6O11S2. The van der Waals surface area contributed by atoms with E-state index in [1.54, 1.807) is 85.4 Å². The van der Waals surface area contributed by atoms with E-state index < -0.39 is 91.0 Å². The van der Waals surface area contributed by atoms with Crippen LogP contribution in [-0.2, 0) is 33.8 Å². The molecule has 8 rings (SSSR count). The van der Waals surface area contributed by atoms with Crippen molar-refractivity contribution in [3.8, 4) is 5.75 Å². The van der Waals surface area contributed by atoms with Crippen LogP contribution in [0.5, 0.6) is 5.75 Å². The molecule has 1 saturated heterocycles. The van der Waals surface area contributed by atoms with Crippen LogP contribution in [0.2, 0.25) is 0 Å². The Hall–Kier alpha value is -4.68. The van der Waals surface area contributed by atoms with E-state index >= 15 is 4.39 Å². The Balaban J connectivity index is 0.000000563. The average Bonchev–Trinajstić information content (AvgIpc) is 3.65. The summed E-state index contributed by atoms with van der Waals surface area (Å²) < 4.78 is 85.6. The van der Waals surface area contributed by atoms with Gasteiger partial charge < -0.3 is 33.0 Å². The van der Waals surface area contributed by atoms with E-state index in [9.17, 15) is 22.6 Å². The number of rotatable bonds is 12. The summed E-state index contributed by atoms with van der Waals surface area (Å²) in [6, 6.07) is 18.0. The number of carbonyl (C=O) groups is 2. The summed E-state index contributed by atoms with van der Waals surface area (Å²) in [4.78, 5) is 38.4. The van der Waals surface area contributed by atoms with Crippen molar-refractivity contribution in [2.75, 3.05) is 17.8 Å². The van der Waals surface area contributed by atoms with Crippen molar-refractivity contribution >= 4 is 51.1 Å². The second kappa shape index (κ2) is 20.6. The lowest BCUT2D eigenvalue weighted by Gasteiger charge is -2.27. The molecule has 2 aliphatic carbocycles. The first-order valence-corrected chi connectivity index (χ1v) is 27.0. The maximum Gasteiger partial charge on any atom is 0.509 e. The minimum absolute atomic E-state index is 0.178. The van der Waals surface area contributed by atoms with Gasteiger partial charge in [0.05, 0.1) is 18.0 Å². The first-order valence-electron chi connectivity index (χ1n) is 22.5. The van der Waals surface area contributed by atoms with Gasteiger partial charge in [-0.25, -0.2) is 37.0 Å². The lowest BCUT2D eigenvalue weighted by molar-refractivity contribution is -0.600. The van der Waals surface area contributed by atoms with E-state index in [0.717, 1.165) is 32.6 Å². The summed E-state index contributed by atoms with van der Waals surface area (Å²) in [6.07, 6.45) is -1.62. The number of carbonyl (C=O) groups excluding carboxylic acids is 2. The van der Waals surface area contributed by atoms with Gasteiger partial charge in [-0.2, -0.15) is 0 Å². The number of amides is 1. The average molecular weight is 1110 g/mol. The molecule has 372 valence electrons. The van der Waals surface area contributed by atoms with Crippen LogP contribution in [0.15, 0.2) is 76.8 Å². The van der Waals surface area contributed by atoms with Gasteiger partial charge in [0, 0.05) is 24.1 Å². The monoisotopic (exact) mass is 1100 g/mol. The molecule has 69 heavy (non-hydrogen) atoms. The predicted molar refractivity (Wildman–Crippen MR) is 249 cm³/mol. The molecule has 6 atom stereocenters. The summed E-state index contributed by atoms with van der Waals surface area (Å²) in [7, 11) is -2.65. The molecule has 3 fully saturated rings. The number of aryl methyl sites for hydroxylation is 1. The molecule has 2 unspecified atom stereocenters. The Morgan fingerprint density at radius 3 is 2.23 bits per heavy atom. The molecule has 2 saturated carbocycles. The number of fused-ring (bicyclic) bond motifs is 2. The third-order valence-corrected chi connectivity index (χ3v) is 15.6. The highest BCUT2D eigenvalue weighted by atomic mass is 127. The van der Waals surface area contributed by atoms with Gasteiger partial charge in [0.15, 0.2) is 37.3 Å². The Bertz CT molecular complexity index is 2770. The lowest BCUT2D eigenvalue weighted by atomic mass is 10.1. The SMILES string of the molecule is CCCSc1nc(N(C(=O)OC(C)(C)C)C2CC2c2ccc([I+]c3ccc(OC)cc3)c(F)c2)c2nnn([C@@H]3C[C@H](OC(=O)OC(C)(C)C)[C@H]4OC(C)(C)O[C@H]43)c2n1.Cc1ccc(S(=O)(=O)[O-])cc1. The number of hydrogen-bond donors (Lipinski definition) is 0. The standard InChI is InChI=1S/C41H51FIN6O8S.C7H8O3S/c1-11-18-58-36-44-34(31-35(45-36)49(47-46-31)29-21-30(53-38(51)57-40(5,6)7)33-32(29)54-41(8,9)55-33)48(37(50)56-39(2,3)4)28-20-25(28)22-12-17-27(26(42)19-22)43-23-13-15-24(52-10)16-14-23;1-6-2-4-7(5-3-6)11(8,9)10/h12-17,19,25,28-30,32-33H,11,18,20-21H2,1-10H3;2-5H,1H3,(H,8,9,10)/q+1;/p-1/t25?,28?,29-,30+,32+,33-;/m1./s1. The second-order valence-corrected chi connectivity index (χ2v) is 24.7. The molecule has 5 aromatic rings. The number of aromatic nitrogens is 5. The number of anilines is 1. The summed E-state index contributed by atoms with van der Waals surface area (Å²) in [5.74, 6) is 0.303. The van der Waals surface area contributed by atoms with E-state index in [4.69, 9.17) is 38.4 Å². The van der Waals surface area contributed by atoms with Crippen molar-refractivity contribution in [3.05, 3.63) is 90.8 Å². The zero-order valence-corrected chi connectivity index (χ0v) is 44.2. The van der Waals surface area contributed by atoms with E-state index in [1.165, 1.54) is 28.8 Å². The predicted octanol–water partition coefficient (Wildman–Crippen LogP) is 5.98. The zero-order valence-electron chi connectivity index (χ0n) is 40.4. The number of methoxy groups -OCH3 is 1. The summed E-state index contributed by atoms with van der Waals surface area (Å²) in [5, 5.41) is 9.61. The summed E-state index contributed by atoms with van der Waals surface area (Å²) in [5.41, 5.74) is 0.799. The molecule has 21 heteroatoms. The highest BCUT2D eigenvalue weighted by Gasteiger charge is 2.57. The fourth-order valence-electron chi connectivity index (χ4n) is 7.90. The van der Waals surface area contributed by atoms with Crippen molar-refractivity contribution in [1.82, 2.24) is 25.0 Å². The van der Waals surface area contributed by atoms with Gasteiger partial charge in [-0.15, -0.1) is 5.10 Å². The lowest BCUT2D eigenvalue weighted by Crippen LogP contribution is -3.61. The van der Waals surface area contributed by atoms with Crippen molar-refractivity contribution < 1.29 is 76.6 Å². The zero-order chi connectivity index (χ0) is 50.2. The minimum Gasteiger partial charge on any atom is -0.744 e. The third kappa shape index (κ3) is 13.0. The molecule has 1 aliphatic heterocycles. The number of nitrogens with zero attached hydrogens (tertiary/aromatic N) is 6. The fraction of sp³-hybridized carbons (Fsp3) is 0.500. The number of ether oxygens (including phenoxy) is 6. The quantitative estimate of drug-likeness (QED) is 0.0463. The van der Waals surface area contributed by atoms with Gasteiger partial charge in [0.25, 0.3) is 0 Å². The molecular weight excluding hydrogens is 1050 g/mol. The molecule has 0 bridgehead atoms. The largest absolute Gasteiger partial charge is 0.744 e. The summed E-state index contributed by atoms with van der Waals surface area (Å²) in [6.45, 7) is 18.2. The molecule has 3 aliphatic rings. The van der Waals surface area contributed by atoms with Crippen LogP contribution in [0.3, 0.4) is 0 Å². The van der Waals surface area contributed by atoms with Crippen molar-refractivity contribution in [2.45, 2.75) is 152 Å². The maximum absolute atomic E-state index is 15.7. The van der Waals surface area contributed by atoms with Crippen LogP contribution in [0, 0.1) is 19.9 Å². The Kier molecular flexibility index (Phi) is 15.6. The summed E-state index contributed by atoms with van der Waals surface area (Å²) >= 11 is 0.685. The highest BCUT2D eigenvalue weighted by Crippen LogP contribution is 2.49. The number of thioether (sulfide) groups is 1. The Morgan fingerprint density at radius 2 is 1.62 bits per heavy atom. The first-order chi connectivity index (χ1) is 32.3. The van der Waals surface area contributed by atoms with Crippen molar-refractivity contribution in [1.29, 1.82) is 0 Å². The molecule has 0 radical (unpaired) electrons. The van der Waals surface area contributed by atoms with Crippen LogP contribution in [0.4, 0.5) is 19.8 Å². The number of benzene rings is 3. The third-order valence-electron chi connectivity index (χ3n) is 10.9. The molecule has 3 heterocycles. The van der Waals surface area contributed by atoms with E-state index in [-0.39, 0.29) is 34.4 Å². The van der Waals surface area contributed by atoms with Crippen LogP contribution in [0.25, 0.3) is 11.2 Å². The topological polar surface area (TPSA) is 206 Å². The van der Waals surface area contributed by atoms with E-state index in [2.05, 4.69) is 17.2 Å². The Morgan fingerprint density at radius 1 is 0.957 bits per heavy atom. The molecule has 0 N–H and O–H groups in total. The Labute approximate surface area is 416 Å². The van der Waals surface area contributed by atoms with Gasteiger partial charge in [-0.3, -0.25) is 4.90 Å². The van der Waals surface area contributed by atoms with Gasteiger partial charge in [-0.1, -0.05) is 47.7 Å². The molecule has 3 aromatic carbocycles. The van der Waals surface area contributed by atoms with Gasteiger partial charge in [0.2, 0.25) is 3.57 Å². The molecule has 17 nitrogen and oxygen atoms in total. The molecule has 1 amide bonds. The maximum atomic E-state index is 15.7. The van der Waals surface area contributed by atoms with Crippen molar-refractivity contribution in [2.24, 2.45) is 0 Å². The van der Waals surface area contributed by atoms with Gasteiger partial charge in [-0.05, 0) is 129 Å². The van der Waals surface area contributed by atoms with Crippen LogP contribution in [-0.4, -0.2) is 104 Å². The fourth-order valence-corrected chi connectivity index (χ4v) is 11.2. The highest BCUT2D eigenvalue weighted by molar-refractivity contribution is 7.99. The smallest absolute Gasteiger partial charge is 0.509 e.